The van der Waals surface area contributed by atoms with E-state index in [9.17, 15) is 9.59 Å². The van der Waals surface area contributed by atoms with Gasteiger partial charge in [-0.2, -0.15) is 0 Å². The molecule has 2 amide bonds. The molecular formula is C24H31ClN2O3. The zero-order valence-corrected chi connectivity index (χ0v) is 19.1. The lowest BCUT2D eigenvalue weighted by molar-refractivity contribution is -0.143. The van der Waals surface area contributed by atoms with Crippen molar-refractivity contribution in [2.75, 3.05) is 6.61 Å². The van der Waals surface area contributed by atoms with Crippen LogP contribution in [0.2, 0.25) is 5.02 Å². The van der Waals surface area contributed by atoms with Crippen molar-refractivity contribution in [3.8, 4) is 5.75 Å². The van der Waals surface area contributed by atoms with E-state index >= 15 is 0 Å². The first-order valence-corrected chi connectivity index (χ1v) is 10.5. The molecule has 0 fully saturated rings. The number of carbonyl (C=O) groups is 2. The quantitative estimate of drug-likeness (QED) is 0.657. The normalized spacial score (nSPS) is 12.2. The average molecular weight is 431 g/mol. The predicted octanol–water partition coefficient (Wildman–Crippen LogP) is 4.75. The molecule has 0 aliphatic rings. The molecular weight excluding hydrogens is 400 g/mol. The molecule has 5 nitrogen and oxygen atoms in total. The van der Waals surface area contributed by atoms with E-state index in [2.05, 4.69) is 5.32 Å². The molecule has 1 atom stereocenters. The molecule has 1 N–H and O–H groups in total. The molecule has 30 heavy (non-hydrogen) atoms. The largest absolute Gasteiger partial charge is 0.484 e. The van der Waals surface area contributed by atoms with E-state index in [1.54, 1.807) is 29.2 Å². The van der Waals surface area contributed by atoms with Gasteiger partial charge in [0.1, 0.15) is 11.8 Å². The average Bonchev–Trinajstić information content (AvgIpc) is 2.66. The summed E-state index contributed by atoms with van der Waals surface area (Å²) in [5, 5.41) is 3.53. The minimum atomic E-state index is -0.598. The van der Waals surface area contributed by atoms with Gasteiger partial charge in [-0.1, -0.05) is 48.9 Å². The summed E-state index contributed by atoms with van der Waals surface area (Å²) >= 11 is 6.00. The van der Waals surface area contributed by atoms with Crippen molar-refractivity contribution in [3.05, 3.63) is 64.7 Å². The van der Waals surface area contributed by atoms with Crippen LogP contribution in [-0.2, 0) is 16.1 Å². The van der Waals surface area contributed by atoms with Gasteiger partial charge in [0.25, 0.3) is 5.91 Å². The van der Waals surface area contributed by atoms with E-state index in [4.69, 9.17) is 16.3 Å². The number of hydrogen-bond donors (Lipinski definition) is 1. The molecule has 0 aliphatic carbocycles. The number of ether oxygens (including phenoxy) is 1. The lowest BCUT2D eigenvalue weighted by atomic mass is 10.0. The summed E-state index contributed by atoms with van der Waals surface area (Å²) in [4.78, 5) is 27.7. The Morgan fingerprint density at radius 2 is 1.83 bits per heavy atom. The number of benzene rings is 2. The Balaban J connectivity index is 2.25. The Morgan fingerprint density at radius 1 is 1.13 bits per heavy atom. The highest BCUT2D eigenvalue weighted by atomic mass is 35.5. The summed E-state index contributed by atoms with van der Waals surface area (Å²) in [6.07, 6.45) is 0.497. The molecule has 2 aromatic carbocycles. The number of aryl methyl sites for hydroxylation is 1. The van der Waals surface area contributed by atoms with E-state index in [-0.39, 0.29) is 24.0 Å². The fourth-order valence-electron chi connectivity index (χ4n) is 3.13. The number of nitrogens with one attached hydrogen (secondary N) is 1. The molecule has 0 radical (unpaired) electrons. The van der Waals surface area contributed by atoms with Crippen LogP contribution in [0.3, 0.4) is 0 Å². The minimum Gasteiger partial charge on any atom is -0.484 e. The molecule has 0 saturated carbocycles. The smallest absolute Gasteiger partial charge is 0.261 e. The van der Waals surface area contributed by atoms with Gasteiger partial charge in [-0.15, -0.1) is 0 Å². The fourth-order valence-corrected chi connectivity index (χ4v) is 3.31. The first-order valence-electron chi connectivity index (χ1n) is 10.1. The second-order valence-corrected chi connectivity index (χ2v) is 8.79. The number of nitrogens with zero attached hydrogens (tertiary/aromatic N) is 1. The zero-order valence-electron chi connectivity index (χ0n) is 18.4. The first-order chi connectivity index (χ1) is 14.1. The molecule has 0 saturated heterocycles. The first kappa shape index (κ1) is 23.7. The summed E-state index contributed by atoms with van der Waals surface area (Å²) in [5.74, 6) is 0.0858. The van der Waals surface area contributed by atoms with Crippen LogP contribution in [0.15, 0.2) is 48.5 Å². The van der Waals surface area contributed by atoms with Gasteiger partial charge in [0.05, 0.1) is 0 Å². The monoisotopic (exact) mass is 430 g/mol. The van der Waals surface area contributed by atoms with Crippen LogP contribution in [0.1, 0.15) is 45.2 Å². The van der Waals surface area contributed by atoms with Crippen LogP contribution in [0.25, 0.3) is 0 Å². The Morgan fingerprint density at radius 3 is 2.43 bits per heavy atom. The maximum atomic E-state index is 13.2. The molecule has 2 rings (SSSR count). The van der Waals surface area contributed by atoms with Crippen LogP contribution in [0, 0.1) is 6.92 Å². The van der Waals surface area contributed by atoms with E-state index in [0.717, 1.165) is 11.1 Å². The summed E-state index contributed by atoms with van der Waals surface area (Å²) in [6.45, 7) is 9.83. The third-order valence-electron chi connectivity index (χ3n) is 4.64. The number of halogens is 1. The summed E-state index contributed by atoms with van der Waals surface area (Å²) in [6, 6.07) is 14.2. The van der Waals surface area contributed by atoms with Crippen molar-refractivity contribution in [2.24, 2.45) is 0 Å². The second-order valence-electron chi connectivity index (χ2n) is 8.36. The Kier molecular flexibility index (Phi) is 8.30. The van der Waals surface area contributed by atoms with Crippen molar-refractivity contribution in [2.45, 2.75) is 59.2 Å². The van der Waals surface area contributed by atoms with Gasteiger partial charge < -0.3 is 15.0 Å². The number of hydrogen-bond acceptors (Lipinski definition) is 3. The Hall–Kier alpha value is -2.53. The maximum Gasteiger partial charge on any atom is 0.261 e. The molecule has 0 bridgehead atoms. The summed E-state index contributed by atoms with van der Waals surface area (Å²) in [5.41, 5.74) is 1.67. The molecule has 2 aromatic rings. The van der Waals surface area contributed by atoms with Crippen molar-refractivity contribution in [3.63, 3.8) is 0 Å². The highest BCUT2D eigenvalue weighted by Gasteiger charge is 2.31. The third kappa shape index (κ3) is 7.06. The topological polar surface area (TPSA) is 58.6 Å². The van der Waals surface area contributed by atoms with E-state index < -0.39 is 6.04 Å². The van der Waals surface area contributed by atoms with Crippen LogP contribution in [0.5, 0.6) is 5.75 Å². The predicted molar refractivity (Wildman–Crippen MR) is 121 cm³/mol. The lowest BCUT2D eigenvalue weighted by Crippen LogP contribution is -2.54. The van der Waals surface area contributed by atoms with Gasteiger partial charge in [-0.05, 0) is 63.4 Å². The van der Waals surface area contributed by atoms with Gasteiger partial charge in [0.2, 0.25) is 5.91 Å². The van der Waals surface area contributed by atoms with Gasteiger partial charge in [-0.3, -0.25) is 9.59 Å². The number of amides is 2. The van der Waals surface area contributed by atoms with E-state index in [1.807, 2.05) is 58.9 Å². The van der Waals surface area contributed by atoms with Crippen LogP contribution >= 0.6 is 11.6 Å². The molecule has 162 valence electrons. The van der Waals surface area contributed by atoms with Gasteiger partial charge >= 0.3 is 0 Å². The van der Waals surface area contributed by atoms with Crippen molar-refractivity contribution >= 4 is 23.4 Å². The maximum absolute atomic E-state index is 13.2. The number of carbonyl (C=O) groups excluding carboxylic acids is 2. The van der Waals surface area contributed by atoms with E-state index in [0.29, 0.717) is 23.7 Å². The molecule has 6 heteroatoms. The molecule has 0 aliphatic heterocycles. The zero-order chi connectivity index (χ0) is 22.3. The SMILES string of the molecule is CC[C@H](C(=O)NC(C)(C)C)N(Cc1ccccc1C)C(=O)COc1cccc(Cl)c1. The molecule has 0 aromatic heterocycles. The number of rotatable bonds is 8. The van der Waals surface area contributed by atoms with Crippen LogP contribution in [-0.4, -0.2) is 34.9 Å². The molecule has 0 heterocycles. The van der Waals surface area contributed by atoms with Gasteiger partial charge in [0, 0.05) is 17.1 Å². The van der Waals surface area contributed by atoms with Crippen LogP contribution < -0.4 is 10.1 Å². The van der Waals surface area contributed by atoms with Gasteiger partial charge in [0.15, 0.2) is 6.61 Å². The Bertz CT molecular complexity index is 877. The highest BCUT2D eigenvalue weighted by molar-refractivity contribution is 6.30. The summed E-state index contributed by atoms with van der Waals surface area (Å²) < 4.78 is 5.67. The van der Waals surface area contributed by atoms with E-state index in [1.165, 1.54) is 0 Å². The Labute approximate surface area is 184 Å². The van der Waals surface area contributed by atoms with Crippen molar-refractivity contribution < 1.29 is 14.3 Å². The minimum absolute atomic E-state index is 0.172. The van der Waals surface area contributed by atoms with Gasteiger partial charge in [-0.25, -0.2) is 0 Å². The summed E-state index contributed by atoms with van der Waals surface area (Å²) in [7, 11) is 0. The van der Waals surface area contributed by atoms with Crippen molar-refractivity contribution in [1.82, 2.24) is 10.2 Å². The lowest BCUT2D eigenvalue weighted by Gasteiger charge is -2.33. The standard InChI is InChI=1S/C24H31ClN2O3/c1-6-21(23(29)26-24(3,4)5)27(15-18-11-8-7-10-17(18)2)22(28)16-30-20-13-9-12-19(25)14-20/h7-14,21H,6,15-16H2,1-5H3,(H,26,29)/t21-/m1/s1. The van der Waals surface area contributed by atoms with Crippen LogP contribution in [0.4, 0.5) is 0 Å². The van der Waals surface area contributed by atoms with Crippen molar-refractivity contribution in [1.29, 1.82) is 0 Å². The highest BCUT2D eigenvalue weighted by Crippen LogP contribution is 2.19. The third-order valence-corrected chi connectivity index (χ3v) is 4.88. The molecule has 0 spiro atoms. The fraction of sp³-hybridized carbons (Fsp3) is 0.417. The molecule has 0 unspecified atom stereocenters. The second kappa shape index (κ2) is 10.5.